The third-order valence-corrected chi connectivity index (χ3v) is 4.11. The monoisotopic (exact) mass is 325 g/mol. The zero-order chi connectivity index (χ0) is 15.7. The molecule has 0 bridgehead atoms. The van der Waals surface area contributed by atoms with Gasteiger partial charge in [-0.15, -0.1) is 0 Å². The van der Waals surface area contributed by atoms with Gasteiger partial charge >= 0.3 is 0 Å². The van der Waals surface area contributed by atoms with Gasteiger partial charge in [-0.1, -0.05) is 0 Å². The van der Waals surface area contributed by atoms with Gasteiger partial charge in [0.2, 0.25) is 0 Å². The number of nitrogens with zero attached hydrogens (tertiary/aromatic N) is 1. The van der Waals surface area contributed by atoms with Crippen LogP contribution in [0.4, 0.5) is 8.78 Å². The van der Waals surface area contributed by atoms with E-state index in [2.05, 4.69) is 10.3 Å². The molecule has 118 valence electrons. The van der Waals surface area contributed by atoms with Gasteiger partial charge in [-0.2, -0.15) is 0 Å². The first-order valence-corrected chi connectivity index (χ1v) is 7.54. The Morgan fingerprint density at radius 2 is 2.27 bits per heavy atom. The Bertz CT molecular complexity index is 741. The number of hydrogen-bond donors (Lipinski definition) is 2. The van der Waals surface area contributed by atoms with Gasteiger partial charge in [0, 0.05) is 42.9 Å². The van der Waals surface area contributed by atoms with E-state index in [1.54, 1.807) is 0 Å². The van der Waals surface area contributed by atoms with Crippen molar-refractivity contribution in [2.45, 2.75) is 18.9 Å². The molecule has 2 aromatic rings. The van der Waals surface area contributed by atoms with Gasteiger partial charge in [-0.05, 0) is 25.3 Å². The second-order valence-corrected chi connectivity index (χ2v) is 5.78. The maximum atomic E-state index is 13.7. The van der Waals surface area contributed by atoms with Crippen molar-refractivity contribution in [2.75, 3.05) is 20.2 Å². The highest BCUT2D eigenvalue weighted by Crippen LogP contribution is 2.33. The average molecular weight is 325 g/mol. The summed E-state index contributed by atoms with van der Waals surface area (Å²) in [6.45, 7) is 1.16. The molecular weight excluding hydrogens is 308 g/mol. The molecule has 0 spiro atoms. The van der Waals surface area contributed by atoms with E-state index in [4.69, 9.17) is 17.0 Å². The number of fused-ring (bicyclic) bond motifs is 1. The van der Waals surface area contributed by atoms with E-state index in [1.165, 1.54) is 6.07 Å². The molecule has 7 heteroatoms. The van der Waals surface area contributed by atoms with E-state index in [0.717, 1.165) is 24.7 Å². The minimum Gasteiger partial charge on any atom is -0.488 e. The molecule has 0 saturated heterocycles. The second-order valence-electron chi connectivity index (χ2n) is 5.39. The zero-order valence-electron chi connectivity index (χ0n) is 12.2. The minimum atomic E-state index is -0.652. The summed E-state index contributed by atoms with van der Waals surface area (Å²) in [6.07, 6.45) is 3.27. The van der Waals surface area contributed by atoms with Gasteiger partial charge in [-0.3, -0.25) is 0 Å². The Balaban J connectivity index is 1.85. The lowest BCUT2D eigenvalue weighted by atomic mass is 10.0. The van der Waals surface area contributed by atoms with Crippen LogP contribution in [0.5, 0.6) is 5.75 Å². The van der Waals surface area contributed by atoms with Crippen molar-refractivity contribution in [3.05, 3.63) is 46.0 Å². The number of hydrogen-bond acceptors (Lipinski definition) is 3. The van der Waals surface area contributed by atoms with Gasteiger partial charge in [0.1, 0.15) is 12.4 Å². The number of likely N-dealkylation sites (N-methyl/N-ethyl adjacent to an activating group) is 1. The number of rotatable bonds is 4. The van der Waals surface area contributed by atoms with E-state index in [-0.39, 0.29) is 11.8 Å². The van der Waals surface area contributed by atoms with Gasteiger partial charge in [0.15, 0.2) is 16.3 Å². The molecular formula is C15H17F2N3OS. The zero-order valence-corrected chi connectivity index (χ0v) is 13.0. The fourth-order valence-corrected chi connectivity index (χ4v) is 3.05. The fraction of sp³-hybridized carbons (Fsp3) is 0.400. The molecule has 0 saturated carbocycles. The summed E-state index contributed by atoms with van der Waals surface area (Å²) in [5.41, 5.74) is 1.56. The lowest BCUT2D eigenvalue weighted by Crippen LogP contribution is -2.25. The summed E-state index contributed by atoms with van der Waals surface area (Å²) < 4.78 is 35.0. The number of aromatic nitrogens is 2. The van der Waals surface area contributed by atoms with Crippen LogP contribution in [0.25, 0.3) is 0 Å². The lowest BCUT2D eigenvalue weighted by molar-refractivity contribution is 0.212. The smallest absolute Gasteiger partial charge is 0.177 e. The van der Waals surface area contributed by atoms with E-state index in [9.17, 15) is 8.78 Å². The quantitative estimate of drug-likeness (QED) is 0.850. The Hall–Kier alpha value is -1.73. The first-order valence-electron chi connectivity index (χ1n) is 7.14. The molecule has 0 aliphatic carbocycles. The Kier molecular flexibility index (Phi) is 4.26. The standard InChI is InChI=1S/C15H17F2N3OS/c1-18-3-2-11-7-20(15(22)19-11)12-5-9-4-10(16)6-13(17)14(9)21-8-12/h4,6-7,12,18H,2-3,5,8H2,1H3,(H,19,22)/t12-/m1/s1. The second kappa shape index (κ2) is 6.18. The largest absolute Gasteiger partial charge is 0.488 e. The molecule has 4 nitrogen and oxygen atoms in total. The molecule has 0 unspecified atom stereocenters. The van der Waals surface area contributed by atoms with Crippen molar-refractivity contribution in [3.63, 3.8) is 0 Å². The fourth-order valence-electron chi connectivity index (χ4n) is 2.72. The maximum Gasteiger partial charge on any atom is 0.177 e. The molecule has 0 amide bonds. The predicted molar refractivity (Wildman–Crippen MR) is 81.8 cm³/mol. The Morgan fingerprint density at radius 1 is 1.45 bits per heavy atom. The first kappa shape index (κ1) is 15.2. The minimum absolute atomic E-state index is 0.0687. The molecule has 1 atom stereocenters. The number of aromatic amines is 1. The van der Waals surface area contributed by atoms with Crippen LogP contribution in [0.15, 0.2) is 18.3 Å². The lowest BCUT2D eigenvalue weighted by Gasteiger charge is -2.26. The summed E-state index contributed by atoms with van der Waals surface area (Å²) in [7, 11) is 1.89. The van der Waals surface area contributed by atoms with E-state index in [1.807, 2.05) is 17.8 Å². The van der Waals surface area contributed by atoms with Gasteiger partial charge in [0.05, 0.1) is 6.04 Å². The number of ether oxygens (including phenoxy) is 1. The molecule has 1 aliphatic rings. The summed E-state index contributed by atoms with van der Waals surface area (Å²) in [5, 5.41) is 3.08. The molecule has 3 rings (SSSR count). The van der Waals surface area contributed by atoms with Gasteiger partial charge in [-0.25, -0.2) is 8.78 Å². The van der Waals surface area contributed by atoms with Crippen molar-refractivity contribution >= 4 is 12.2 Å². The first-order chi connectivity index (χ1) is 10.6. The average Bonchev–Trinajstić information content (AvgIpc) is 2.85. The van der Waals surface area contributed by atoms with Crippen molar-refractivity contribution in [2.24, 2.45) is 0 Å². The maximum absolute atomic E-state index is 13.7. The van der Waals surface area contributed by atoms with Crippen molar-refractivity contribution < 1.29 is 13.5 Å². The van der Waals surface area contributed by atoms with Crippen LogP contribution >= 0.6 is 12.2 Å². The summed E-state index contributed by atoms with van der Waals surface area (Å²) in [4.78, 5) is 3.16. The van der Waals surface area contributed by atoms with Crippen molar-refractivity contribution in [1.82, 2.24) is 14.9 Å². The highest BCUT2D eigenvalue weighted by atomic mass is 32.1. The SMILES string of the molecule is CNCCc1cn([C@H]2COc3c(F)cc(F)cc3C2)c(=S)[nH]1. The summed E-state index contributed by atoms with van der Waals surface area (Å²) >= 11 is 5.34. The molecule has 1 aliphatic heterocycles. The summed E-state index contributed by atoms with van der Waals surface area (Å²) in [5.74, 6) is -1.09. The number of H-pyrrole nitrogens is 1. The molecule has 1 aromatic heterocycles. The van der Waals surface area contributed by atoms with Crippen LogP contribution in [0.3, 0.4) is 0 Å². The molecule has 2 N–H and O–H groups in total. The third kappa shape index (κ3) is 2.91. The highest BCUT2D eigenvalue weighted by Gasteiger charge is 2.25. The summed E-state index contributed by atoms with van der Waals surface area (Å²) in [6, 6.07) is 2.10. The number of benzene rings is 1. The molecule has 22 heavy (non-hydrogen) atoms. The van der Waals surface area contributed by atoms with Gasteiger partial charge < -0.3 is 19.6 Å². The Morgan fingerprint density at radius 3 is 3.05 bits per heavy atom. The molecule has 1 aromatic carbocycles. The number of nitrogens with one attached hydrogen (secondary N) is 2. The molecule has 0 fully saturated rings. The Labute approximate surface area is 132 Å². The van der Waals surface area contributed by atoms with E-state index in [0.29, 0.717) is 23.4 Å². The van der Waals surface area contributed by atoms with Crippen LogP contribution in [0.1, 0.15) is 17.3 Å². The topological polar surface area (TPSA) is 42.0 Å². The number of imidazole rings is 1. The van der Waals surface area contributed by atoms with Crippen molar-refractivity contribution in [3.8, 4) is 5.75 Å². The van der Waals surface area contributed by atoms with Crippen LogP contribution in [-0.2, 0) is 12.8 Å². The van der Waals surface area contributed by atoms with Crippen LogP contribution < -0.4 is 10.1 Å². The van der Waals surface area contributed by atoms with Gasteiger partial charge in [0.25, 0.3) is 0 Å². The van der Waals surface area contributed by atoms with E-state index >= 15 is 0 Å². The van der Waals surface area contributed by atoms with E-state index < -0.39 is 11.6 Å². The number of halogens is 2. The third-order valence-electron chi connectivity index (χ3n) is 3.80. The normalized spacial score (nSPS) is 17.1. The van der Waals surface area contributed by atoms with Crippen LogP contribution in [0, 0.1) is 16.4 Å². The molecule has 0 radical (unpaired) electrons. The predicted octanol–water partition coefficient (Wildman–Crippen LogP) is 2.76. The van der Waals surface area contributed by atoms with Crippen LogP contribution in [-0.4, -0.2) is 29.8 Å². The van der Waals surface area contributed by atoms with Crippen molar-refractivity contribution in [1.29, 1.82) is 0 Å². The molecule has 2 heterocycles. The highest BCUT2D eigenvalue weighted by molar-refractivity contribution is 7.71. The van der Waals surface area contributed by atoms with Crippen LogP contribution in [0.2, 0.25) is 0 Å².